The van der Waals surface area contributed by atoms with Gasteiger partial charge in [0.25, 0.3) is 0 Å². The lowest BCUT2D eigenvalue weighted by Crippen LogP contribution is -2.40. The van der Waals surface area contributed by atoms with Crippen LogP contribution in [0.25, 0.3) is 0 Å². The highest BCUT2D eigenvalue weighted by molar-refractivity contribution is 7.89. The fourth-order valence-corrected chi connectivity index (χ4v) is 4.53. The van der Waals surface area contributed by atoms with E-state index in [9.17, 15) is 8.42 Å². The van der Waals surface area contributed by atoms with Crippen LogP contribution in [-0.4, -0.2) is 57.9 Å². The van der Waals surface area contributed by atoms with Gasteiger partial charge < -0.3 is 10.2 Å². The minimum absolute atomic E-state index is 0. The van der Waals surface area contributed by atoms with Crippen molar-refractivity contribution in [1.29, 1.82) is 0 Å². The molecule has 0 radical (unpaired) electrons. The van der Waals surface area contributed by atoms with Gasteiger partial charge in [-0.05, 0) is 51.7 Å². The highest BCUT2D eigenvalue weighted by atomic mass is 35.5. The first-order valence-electron chi connectivity index (χ1n) is 7.35. The summed E-state index contributed by atoms with van der Waals surface area (Å²) in [6.07, 6.45) is 1.86. The molecule has 1 aromatic carbocycles. The molecule has 5 nitrogen and oxygen atoms in total. The molecular formula is C15H26ClN3O2S. The van der Waals surface area contributed by atoms with Crippen molar-refractivity contribution in [2.24, 2.45) is 0 Å². The van der Waals surface area contributed by atoms with Crippen molar-refractivity contribution < 1.29 is 8.42 Å². The van der Waals surface area contributed by atoms with Gasteiger partial charge in [-0.3, -0.25) is 0 Å². The second kappa shape index (κ2) is 8.26. The van der Waals surface area contributed by atoms with E-state index in [0.29, 0.717) is 18.0 Å². The number of nitrogens with one attached hydrogen (secondary N) is 1. The molecule has 0 aromatic heterocycles. The van der Waals surface area contributed by atoms with Gasteiger partial charge in [-0.1, -0.05) is 12.1 Å². The van der Waals surface area contributed by atoms with E-state index in [1.807, 2.05) is 33.3 Å². The lowest BCUT2D eigenvalue weighted by Gasteiger charge is -2.24. The van der Waals surface area contributed by atoms with Gasteiger partial charge in [-0.15, -0.1) is 12.4 Å². The van der Waals surface area contributed by atoms with Crippen molar-refractivity contribution in [2.75, 3.05) is 34.2 Å². The zero-order chi connectivity index (χ0) is 15.5. The normalized spacial score (nSPS) is 19.4. The first-order chi connectivity index (χ1) is 9.95. The molecular weight excluding hydrogens is 322 g/mol. The molecule has 1 aromatic rings. The van der Waals surface area contributed by atoms with Crippen LogP contribution in [0.3, 0.4) is 0 Å². The van der Waals surface area contributed by atoms with Crippen molar-refractivity contribution in [2.45, 2.75) is 30.3 Å². The maximum absolute atomic E-state index is 12.7. The van der Waals surface area contributed by atoms with Gasteiger partial charge in [0.1, 0.15) is 0 Å². The second-order valence-electron chi connectivity index (χ2n) is 5.85. The molecule has 126 valence electrons. The molecule has 1 unspecified atom stereocenters. The van der Waals surface area contributed by atoms with Gasteiger partial charge in [0, 0.05) is 25.7 Å². The van der Waals surface area contributed by atoms with E-state index in [4.69, 9.17) is 0 Å². The summed E-state index contributed by atoms with van der Waals surface area (Å²) < 4.78 is 27.1. The molecule has 1 aliphatic rings. The number of hydrogen-bond donors (Lipinski definition) is 1. The molecule has 22 heavy (non-hydrogen) atoms. The third-order valence-electron chi connectivity index (χ3n) is 3.79. The Labute approximate surface area is 140 Å². The van der Waals surface area contributed by atoms with Crippen molar-refractivity contribution in [1.82, 2.24) is 14.5 Å². The van der Waals surface area contributed by atoms with Crippen LogP contribution in [0.4, 0.5) is 0 Å². The van der Waals surface area contributed by atoms with Crippen LogP contribution in [0.2, 0.25) is 0 Å². The third kappa shape index (κ3) is 4.43. The Morgan fingerprint density at radius 2 is 1.91 bits per heavy atom. The maximum Gasteiger partial charge on any atom is 0.243 e. The van der Waals surface area contributed by atoms with Crippen LogP contribution < -0.4 is 5.32 Å². The maximum atomic E-state index is 12.7. The molecule has 1 N–H and O–H groups in total. The number of halogens is 1. The smallest absolute Gasteiger partial charge is 0.243 e. The Morgan fingerprint density at radius 3 is 2.45 bits per heavy atom. The molecule has 1 saturated heterocycles. The van der Waals surface area contributed by atoms with Gasteiger partial charge in [-0.2, -0.15) is 4.31 Å². The van der Waals surface area contributed by atoms with Crippen LogP contribution in [0.5, 0.6) is 0 Å². The summed E-state index contributed by atoms with van der Waals surface area (Å²) >= 11 is 0. The van der Waals surface area contributed by atoms with Crippen molar-refractivity contribution in [3.8, 4) is 0 Å². The number of rotatable bonds is 6. The average Bonchev–Trinajstić information content (AvgIpc) is 2.88. The summed E-state index contributed by atoms with van der Waals surface area (Å²) in [5.41, 5.74) is 1.12. The Bertz CT molecular complexity index is 561. The van der Waals surface area contributed by atoms with Gasteiger partial charge in [0.05, 0.1) is 4.90 Å². The third-order valence-corrected chi connectivity index (χ3v) is 5.76. The molecule has 0 aliphatic carbocycles. The zero-order valence-corrected chi connectivity index (χ0v) is 15.1. The van der Waals surface area contributed by atoms with E-state index in [1.54, 1.807) is 16.4 Å². The topological polar surface area (TPSA) is 52.7 Å². The Kier molecular flexibility index (Phi) is 7.28. The molecule has 7 heteroatoms. The molecule has 0 bridgehead atoms. The summed E-state index contributed by atoms with van der Waals surface area (Å²) in [5.74, 6) is 0. The van der Waals surface area contributed by atoms with E-state index in [1.165, 1.54) is 0 Å². The molecule has 1 fully saturated rings. The monoisotopic (exact) mass is 347 g/mol. The highest BCUT2D eigenvalue weighted by Crippen LogP contribution is 2.26. The second-order valence-corrected chi connectivity index (χ2v) is 7.74. The lowest BCUT2D eigenvalue weighted by molar-refractivity contribution is 0.379. The first-order valence-corrected chi connectivity index (χ1v) is 8.79. The molecule has 0 spiro atoms. The van der Waals surface area contributed by atoms with Crippen LogP contribution in [0.15, 0.2) is 29.2 Å². The number of benzene rings is 1. The average molecular weight is 348 g/mol. The minimum atomic E-state index is -3.38. The predicted octanol–water partition coefficient (Wildman–Crippen LogP) is 1.54. The number of likely N-dealkylation sites (N-methyl/N-ethyl adjacent to an activating group) is 1. The van der Waals surface area contributed by atoms with Crippen LogP contribution >= 0.6 is 12.4 Å². The fourth-order valence-electron chi connectivity index (χ4n) is 2.83. The highest BCUT2D eigenvalue weighted by Gasteiger charge is 2.34. The van der Waals surface area contributed by atoms with E-state index in [-0.39, 0.29) is 18.4 Å². The Balaban J connectivity index is 0.00000242. The summed E-state index contributed by atoms with van der Waals surface area (Å²) in [6, 6.07) is 7.32. The van der Waals surface area contributed by atoms with Crippen molar-refractivity contribution in [3.63, 3.8) is 0 Å². The fraction of sp³-hybridized carbons (Fsp3) is 0.600. The van der Waals surface area contributed by atoms with Crippen LogP contribution in [0, 0.1) is 0 Å². The summed E-state index contributed by atoms with van der Waals surface area (Å²) in [6.45, 7) is 2.14. The lowest BCUT2D eigenvalue weighted by atomic mass is 10.2. The molecule has 2 rings (SSSR count). The van der Waals surface area contributed by atoms with Gasteiger partial charge in [0.15, 0.2) is 0 Å². The molecule has 0 amide bonds. The van der Waals surface area contributed by atoms with Gasteiger partial charge in [-0.25, -0.2) is 8.42 Å². The molecule has 1 atom stereocenters. The van der Waals surface area contributed by atoms with Crippen molar-refractivity contribution in [3.05, 3.63) is 29.8 Å². The van der Waals surface area contributed by atoms with E-state index in [0.717, 1.165) is 24.9 Å². The largest absolute Gasteiger partial charge is 0.318 e. The molecule has 1 aliphatic heterocycles. The Morgan fingerprint density at radius 1 is 1.27 bits per heavy atom. The number of nitrogens with zero attached hydrogens (tertiary/aromatic N) is 2. The predicted molar refractivity (Wildman–Crippen MR) is 91.9 cm³/mol. The standard InChI is InChI=1S/C15H25N3O2S.ClH/c1-16-11-14-5-4-10-18(14)21(19,20)15-8-6-13(7-9-15)12-17(2)3;/h6-9,14,16H,4-5,10-12H2,1-3H3;1H. The summed E-state index contributed by atoms with van der Waals surface area (Å²) in [7, 11) is 2.48. The van der Waals surface area contributed by atoms with Crippen LogP contribution in [-0.2, 0) is 16.6 Å². The SMILES string of the molecule is CNCC1CCCN1S(=O)(=O)c1ccc(CN(C)C)cc1.Cl. The summed E-state index contributed by atoms with van der Waals surface area (Å²) in [4.78, 5) is 2.46. The van der Waals surface area contributed by atoms with E-state index < -0.39 is 10.0 Å². The first kappa shape index (κ1) is 19.4. The minimum Gasteiger partial charge on any atom is -0.318 e. The van der Waals surface area contributed by atoms with E-state index in [2.05, 4.69) is 10.2 Å². The quantitative estimate of drug-likeness (QED) is 0.848. The van der Waals surface area contributed by atoms with Gasteiger partial charge in [0.2, 0.25) is 10.0 Å². The molecule has 1 heterocycles. The Hall–Kier alpha value is -0.660. The van der Waals surface area contributed by atoms with Crippen molar-refractivity contribution >= 4 is 22.4 Å². The van der Waals surface area contributed by atoms with Gasteiger partial charge >= 0.3 is 0 Å². The van der Waals surface area contributed by atoms with Crippen LogP contribution in [0.1, 0.15) is 18.4 Å². The molecule has 0 saturated carbocycles. The summed E-state index contributed by atoms with van der Waals surface area (Å²) in [5, 5.41) is 3.08. The number of sulfonamides is 1. The van der Waals surface area contributed by atoms with E-state index >= 15 is 0 Å². The zero-order valence-electron chi connectivity index (χ0n) is 13.4. The number of hydrogen-bond acceptors (Lipinski definition) is 4.